The van der Waals surface area contributed by atoms with Crippen LogP contribution in [0.4, 0.5) is 0 Å². The van der Waals surface area contributed by atoms with Gasteiger partial charge in [0.15, 0.2) is 5.82 Å². The minimum Gasteiger partial charge on any atom is -0.456 e. The molecule has 0 atom stereocenters. The second-order valence-electron chi connectivity index (χ2n) is 12.9. The van der Waals surface area contributed by atoms with Crippen LogP contribution in [0.2, 0.25) is 0 Å². The van der Waals surface area contributed by atoms with Gasteiger partial charge < -0.3 is 8.83 Å². The fourth-order valence-electron chi connectivity index (χ4n) is 7.51. The van der Waals surface area contributed by atoms with E-state index in [9.17, 15) is 0 Å². The van der Waals surface area contributed by atoms with E-state index in [1.807, 2.05) is 30.3 Å². The summed E-state index contributed by atoms with van der Waals surface area (Å²) >= 11 is 1.71. The number of fused-ring (bicyclic) bond motifs is 9. The lowest BCUT2D eigenvalue weighted by atomic mass is 9.97. The Bertz CT molecular complexity index is 3140. The number of thiophene rings is 1. The Morgan fingerprint density at radius 3 is 1.82 bits per heavy atom. The Morgan fingerprint density at radius 2 is 1.00 bits per heavy atom. The van der Waals surface area contributed by atoms with E-state index in [4.69, 9.17) is 18.8 Å². The van der Waals surface area contributed by atoms with Crippen molar-refractivity contribution in [3.63, 3.8) is 0 Å². The summed E-state index contributed by atoms with van der Waals surface area (Å²) in [6, 6.07) is 54.9. The van der Waals surface area contributed by atoms with Crippen LogP contribution in [-0.2, 0) is 0 Å². The van der Waals surface area contributed by atoms with Crippen LogP contribution in [0.15, 0.2) is 167 Å². The number of hydrogen-bond acceptors (Lipinski definition) is 5. The van der Waals surface area contributed by atoms with Crippen molar-refractivity contribution in [2.45, 2.75) is 0 Å². The molecule has 7 aromatic carbocycles. The minimum absolute atomic E-state index is 0.707. The highest BCUT2D eigenvalue weighted by molar-refractivity contribution is 7.25. The van der Waals surface area contributed by atoms with Crippen LogP contribution in [0.1, 0.15) is 0 Å². The summed E-state index contributed by atoms with van der Waals surface area (Å²) in [7, 11) is 0. The fraction of sp³-hybridized carbons (Fsp3) is 0. The number of benzene rings is 7. The zero-order valence-corrected chi connectivity index (χ0v) is 27.9. The molecule has 0 saturated carbocycles. The molecule has 4 nitrogen and oxygen atoms in total. The molecule has 0 fully saturated rings. The number of furan rings is 2. The standard InChI is InChI=1S/C46H26N2O2S/c1-3-10-27(11-4-1)29-20-23-41-36(26-29)43-44(47-45(48-46(43)51-41)28-12-5-2-6-13-28)33-15-9-17-40-42(33)35-25-31(19-22-39(35)50-40)30-18-21-38-34(24-30)32-14-7-8-16-37(32)49-38/h1-26H. The lowest BCUT2D eigenvalue weighted by Gasteiger charge is -2.10. The Kier molecular flexibility index (Phi) is 6.09. The third-order valence-electron chi connectivity index (χ3n) is 9.93. The van der Waals surface area contributed by atoms with Gasteiger partial charge in [0.25, 0.3) is 0 Å². The first kappa shape index (κ1) is 28.3. The first-order valence-electron chi connectivity index (χ1n) is 17.0. The van der Waals surface area contributed by atoms with E-state index >= 15 is 0 Å². The minimum atomic E-state index is 0.707. The summed E-state index contributed by atoms with van der Waals surface area (Å²) in [6.07, 6.45) is 0. The molecule has 51 heavy (non-hydrogen) atoms. The summed E-state index contributed by atoms with van der Waals surface area (Å²) in [5.74, 6) is 0.707. The van der Waals surface area contributed by atoms with Crippen molar-refractivity contribution in [2.24, 2.45) is 0 Å². The highest BCUT2D eigenvalue weighted by Crippen LogP contribution is 2.45. The van der Waals surface area contributed by atoms with Gasteiger partial charge >= 0.3 is 0 Å². The molecule has 0 spiro atoms. The van der Waals surface area contributed by atoms with E-state index in [1.54, 1.807) is 11.3 Å². The maximum absolute atomic E-state index is 6.54. The first-order chi connectivity index (χ1) is 25.2. The average molecular weight is 671 g/mol. The van der Waals surface area contributed by atoms with Gasteiger partial charge in [-0.05, 0) is 70.8 Å². The predicted octanol–water partition coefficient (Wildman–Crippen LogP) is 13.3. The Labute approximate surface area is 295 Å². The summed E-state index contributed by atoms with van der Waals surface area (Å²) in [4.78, 5) is 11.5. The topological polar surface area (TPSA) is 52.1 Å². The molecule has 5 heteroatoms. The van der Waals surface area contributed by atoms with Gasteiger partial charge in [0, 0.05) is 48.1 Å². The van der Waals surface area contributed by atoms with E-state index < -0.39 is 0 Å². The molecule has 0 aliphatic carbocycles. The van der Waals surface area contributed by atoms with Crippen LogP contribution in [-0.4, -0.2) is 9.97 Å². The van der Waals surface area contributed by atoms with Crippen molar-refractivity contribution >= 4 is 75.5 Å². The normalized spacial score (nSPS) is 11.9. The summed E-state index contributed by atoms with van der Waals surface area (Å²) in [5, 5.41) is 6.53. The van der Waals surface area contributed by atoms with Gasteiger partial charge in [-0.15, -0.1) is 11.3 Å². The zero-order chi connectivity index (χ0) is 33.5. The first-order valence-corrected chi connectivity index (χ1v) is 17.8. The van der Waals surface area contributed by atoms with Crippen molar-refractivity contribution in [3.05, 3.63) is 158 Å². The largest absolute Gasteiger partial charge is 0.456 e. The Morgan fingerprint density at radius 1 is 0.392 bits per heavy atom. The van der Waals surface area contributed by atoms with E-state index in [0.717, 1.165) is 87.4 Å². The molecular weight excluding hydrogens is 645 g/mol. The molecule has 0 unspecified atom stereocenters. The lowest BCUT2D eigenvalue weighted by molar-refractivity contribution is 0.668. The molecular formula is C46H26N2O2S. The van der Waals surface area contributed by atoms with Crippen LogP contribution in [0.25, 0.3) is 109 Å². The monoisotopic (exact) mass is 670 g/mol. The number of rotatable bonds is 4. The Balaban J connectivity index is 1.18. The van der Waals surface area contributed by atoms with Crippen LogP contribution in [0, 0.1) is 0 Å². The van der Waals surface area contributed by atoms with E-state index in [0.29, 0.717) is 5.82 Å². The lowest BCUT2D eigenvalue weighted by Crippen LogP contribution is -1.94. The van der Waals surface area contributed by atoms with Crippen LogP contribution in [0.3, 0.4) is 0 Å². The van der Waals surface area contributed by atoms with Gasteiger partial charge in [-0.1, -0.05) is 109 Å². The summed E-state index contributed by atoms with van der Waals surface area (Å²) in [6.45, 7) is 0. The quantitative estimate of drug-likeness (QED) is 0.187. The molecule has 0 amide bonds. The van der Waals surface area contributed by atoms with E-state index in [2.05, 4.69) is 127 Å². The van der Waals surface area contributed by atoms with Gasteiger partial charge in [-0.25, -0.2) is 9.97 Å². The summed E-state index contributed by atoms with van der Waals surface area (Å²) in [5.41, 5.74) is 10.9. The second-order valence-corrected chi connectivity index (χ2v) is 14.0. The van der Waals surface area contributed by atoms with E-state index in [1.165, 1.54) is 15.8 Å². The smallest absolute Gasteiger partial charge is 0.161 e. The van der Waals surface area contributed by atoms with Gasteiger partial charge in [-0.2, -0.15) is 0 Å². The molecule has 0 N–H and O–H groups in total. The van der Waals surface area contributed by atoms with Gasteiger partial charge in [-0.3, -0.25) is 0 Å². The number of aromatic nitrogens is 2. The molecule has 238 valence electrons. The maximum Gasteiger partial charge on any atom is 0.161 e. The second kappa shape index (κ2) is 11.0. The van der Waals surface area contributed by atoms with Crippen LogP contribution in [0.5, 0.6) is 0 Å². The molecule has 0 aliphatic heterocycles. The van der Waals surface area contributed by atoms with Gasteiger partial charge in [0.05, 0.1) is 5.69 Å². The average Bonchev–Trinajstić information content (AvgIpc) is 3.88. The Hall–Kier alpha value is -6.56. The third-order valence-corrected chi connectivity index (χ3v) is 11.0. The third kappa shape index (κ3) is 4.45. The molecule has 4 aromatic heterocycles. The zero-order valence-electron chi connectivity index (χ0n) is 27.1. The molecule has 11 aromatic rings. The molecule has 0 saturated heterocycles. The number of hydrogen-bond donors (Lipinski definition) is 0. The van der Waals surface area contributed by atoms with Gasteiger partial charge in [0.2, 0.25) is 0 Å². The van der Waals surface area contributed by atoms with Crippen molar-refractivity contribution in [1.82, 2.24) is 9.97 Å². The highest BCUT2D eigenvalue weighted by Gasteiger charge is 2.21. The fourth-order valence-corrected chi connectivity index (χ4v) is 8.56. The van der Waals surface area contributed by atoms with E-state index in [-0.39, 0.29) is 0 Å². The molecule has 0 radical (unpaired) electrons. The maximum atomic E-state index is 6.54. The van der Waals surface area contributed by atoms with Crippen LogP contribution < -0.4 is 0 Å². The van der Waals surface area contributed by atoms with Crippen molar-refractivity contribution in [1.29, 1.82) is 0 Å². The summed E-state index contributed by atoms with van der Waals surface area (Å²) < 4.78 is 13.8. The number of para-hydroxylation sites is 1. The van der Waals surface area contributed by atoms with Crippen molar-refractivity contribution in [2.75, 3.05) is 0 Å². The van der Waals surface area contributed by atoms with Gasteiger partial charge in [0.1, 0.15) is 27.2 Å². The molecule has 4 heterocycles. The number of nitrogens with zero attached hydrogens (tertiary/aromatic N) is 2. The van der Waals surface area contributed by atoms with Crippen molar-refractivity contribution in [3.8, 4) is 44.9 Å². The molecule has 11 rings (SSSR count). The highest BCUT2D eigenvalue weighted by atomic mass is 32.1. The predicted molar refractivity (Wildman–Crippen MR) is 211 cm³/mol. The van der Waals surface area contributed by atoms with Crippen molar-refractivity contribution < 1.29 is 8.83 Å². The molecule has 0 aliphatic rings. The SMILES string of the molecule is c1ccc(-c2ccc3sc4nc(-c5ccccc5)nc(-c5cccc6oc7ccc(-c8ccc9oc%10ccccc%10c9c8)cc7c56)c4c3c2)cc1. The molecule has 0 bridgehead atoms. The van der Waals surface area contributed by atoms with Crippen LogP contribution >= 0.6 is 11.3 Å².